The van der Waals surface area contributed by atoms with Gasteiger partial charge in [0.1, 0.15) is 16.0 Å². The Labute approximate surface area is 168 Å². The van der Waals surface area contributed by atoms with E-state index < -0.39 is 5.97 Å². The van der Waals surface area contributed by atoms with Crippen LogP contribution < -0.4 is 9.47 Å². The molecular weight excluding hydrogens is 440 g/mol. The van der Waals surface area contributed by atoms with E-state index in [2.05, 4.69) is 26.1 Å². The van der Waals surface area contributed by atoms with Crippen LogP contribution >= 0.6 is 27.5 Å². The van der Waals surface area contributed by atoms with Crippen molar-refractivity contribution in [1.29, 1.82) is 0 Å². The highest BCUT2D eigenvalue weighted by molar-refractivity contribution is 9.10. The number of nitrogens with zero attached hydrogens (tertiary/aromatic N) is 2. The Kier molecular flexibility index (Phi) is 5.98. The fraction of sp³-hybridized carbons (Fsp3) is 0.167. The molecule has 0 N–H and O–H groups in total. The van der Waals surface area contributed by atoms with Crippen LogP contribution in [-0.4, -0.2) is 30.3 Å². The van der Waals surface area contributed by atoms with Crippen molar-refractivity contribution in [3.05, 3.63) is 57.3 Å². The molecule has 0 aliphatic rings. The van der Waals surface area contributed by atoms with E-state index in [4.69, 9.17) is 30.3 Å². The number of esters is 1. The summed E-state index contributed by atoms with van der Waals surface area (Å²) in [6.45, 7) is -0.167. The Hall–Kier alpha value is -2.58. The number of hydrogen-bond donors (Lipinski definition) is 0. The summed E-state index contributed by atoms with van der Waals surface area (Å²) in [5.41, 5.74) is 1.01. The molecule has 0 bridgehead atoms. The second kappa shape index (κ2) is 8.41. The van der Waals surface area contributed by atoms with Crippen LogP contribution in [0.2, 0.25) is 5.02 Å². The van der Waals surface area contributed by atoms with E-state index in [0.717, 1.165) is 5.56 Å². The van der Waals surface area contributed by atoms with E-state index in [-0.39, 0.29) is 18.1 Å². The van der Waals surface area contributed by atoms with Crippen molar-refractivity contribution in [3.8, 4) is 22.9 Å². The van der Waals surface area contributed by atoms with Gasteiger partial charge in [-0.1, -0.05) is 16.8 Å². The van der Waals surface area contributed by atoms with E-state index in [1.165, 1.54) is 14.2 Å². The van der Waals surface area contributed by atoms with E-state index in [1.807, 2.05) is 0 Å². The molecule has 0 spiro atoms. The van der Waals surface area contributed by atoms with Crippen LogP contribution in [0.5, 0.6) is 11.5 Å². The summed E-state index contributed by atoms with van der Waals surface area (Å²) in [6, 6.07) is 10.1. The summed E-state index contributed by atoms with van der Waals surface area (Å²) in [6.07, 6.45) is 0. The van der Waals surface area contributed by atoms with Gasteiger partial charge >= 0.3 is 5.97 Å². The number of benzene rings is 2. The largest absolute Gasteiger partial charge is 0.495 e. The van der Waals surface area contributed by atoms with Gasteiger partial charge in [-0.25, -0.2) is 4.79 Å². The van der Waals surface area contributed by atoms with Crippen LogP contribution in [0.25, 0.3) is 11.4 Å². The molecule has 0 aliphatic carbocycles. The van der Waals surface area contributed by atoms with E-state index in [1.54, 1.807) is 36.4 Å². The molecule has 0 fully saturated rings. The number of rotatable bonds is 6. The average molecular weight is 454 g/mol. The first-order chi connectivity index (χ1) is 13.0. The lowest BCUT2D eigenvalue weighted by atomic mass is 10.2. The molecule has 9 heteroatoms. The summed E-state index contributed by atoms with van der Waals surface area (Å²) >= 11 is 9.20. The minimum atomic E-state index is -0.578. The Morgan fingerprint density at radius 2 is 1.78 bits per heavy atom. The molecule has 0 saturated carbocycles. The van der Waals surface area contributed by atoms with Crippen LogP contribution in [0.15, 0.2) is 45.4 Å². The number of hydrogen-bond acceptors (Lipinski definition) is 7. The van der Waals surface area contributed by atoms with Crippen LogP contribution in [0.3, 0.4) is 0 Å². The number of halogens is 2. The minimum Gasteiger partial charge on any atom is -0.495 e. The fourth-order valence-corrected chi connectivity index (χ4v) is 2.91. The van der Waals surface area contributed by atoms with Gasteiger partial charge in [0.25, 0.3) is 5.89 Å². The highest BCUT2D eigenvalue weighted by atomic mass is 79.9. The number of aromatic nitrogens is 2. The molecule has 0 saturated heterocycles. The third-order valence-electron chi connectivity index (χ3n) is 3.58. The Morgan fingerprint density at radius 3 is 2.37 bits per heavy atom. The molecule has 7 nitrogen and oxygen atoms in total. The smallest absolute Gasteiger partial charge is 0.338 e. The third kappa shape index (κ3) is 4.40. The zero-order chi connectivity index (χ0) is 19.4. The van der Waals surface area contributed by atoms with Crippen molar-refractivity contribution >= 4 is 33.5 Å². The molecule has 2 aromatic carbocycles. The first-order valence-corrected chi connectivity index (χ1v) is 8.86. The molecule has 140 valence electrons. The molecule has 0 amide bonds. The maximum Gasteiger partial charge on any atom is 0.338 e. The van der Waals surface area contributed by atoms with Gasteiger partial charge in [0.2, 0.25) is 5.82 Å². The summed E-state index contributed by atoms with van der Waals surface area (Å²) in [5, 5.41) is 4.47. The van der Waals surface area contributed by atoms with Gasteiger partial charge in [-0.2, -0.15) is 4.98 Å². The van der Waals surface area contributed by atoms with Gasteiger partial charge in [-0.15, -0.1) is 0 Å². The Balaban J connectivity index is 1.70. The zero-order valence-corrected chi connectivity index (χ0v) is 16.7. The van der Waals surface area contributed by atoms with Crippen molar-refractivity contribution in [2.45, 2.75) is 6.61 Å². The maximum absolute atomic E-state index is 12.3. The molecule has 0 atom stereocenters. The topological polar surface area (TPSA) is 83.7 Å². The van der Waals surface area contributed by atoms with E-state index in [9.17, 15) is 4.79 Å². The molecule has 1 aromatic heterocycles. The van der Waals surface area contributed by atoms with Gasteiger partial charge in [0.05, 0.1) is 19.8 Å². The second-order valence-corrected chi connectivity index (χ2v) is 6.52. The molecule has 0 unspecified atom stereocenters. The summed E-state index contributed by atoms with van der Waals surface area (Å²) in [4.78, 5) is 16.5. The predicted octanol–water partition coefficient (Wildman–Crippen LogP) is 4.53. The summed E-state index contributed by atoms with van der Waals surface area (Å²) in [5.74, 6) is 0.868. The highest BCUT2D eigenvalue weighted by Crippen LogP contribution is 2.35. The van der Waals surface area contributed by atoms with Crippen molar-refractivity contribution in [1.82, 2.24) is 10.1 Å². The lowest BCUT2D eigenvalue weighted by Crippen LogP contribution is -2.06. The van der Waals surface area contributed by atoms with Crippen LogP contribution in [0.4, 0.5) is 0 Å². The normalized spacial score (nSPS) is 10.5. The monoisotopic (exact) mass is 452 g/mol. The molecule has 0 radical (unpaired) electrons. The lowest BCUT2D eigenvalue weighted by molar-refractivity contribution is 0.0429. The van der Waals surface area contributed by atoms with Crippen LogP contribution in [-0.2, 0) is 11.3 Å². The van der Waals surface area contributed by atoms with E-state index >= 15 is 0 Å². The zero-order valence-electron chi connectivity index (χ0n) is 14.4. The Bertz CT molecular complexity index is 934. The standard InChI is InChI=1S/C18H14BrClN2O5/c1-24-13-7-11(8-14(25-2)16(13)19)18(23)26-9-15-21-17(22-27-15)10-3-5-12(20)6-4-10/h3-8H,9H2,1-2H3. The number of carbonyl (C=O) groups is 1. The molecule has 1 heterocycles. The van der Waals surface area contributed by atoms with E-state index in [0.29, 0.717) is 26.8 Å². The molecule has 3 rings (SSSR count). The summed E-state index contributed by atoms with van der Waals surface area (Å²) < 4.78 is 21.4. The number of methoxy groups -OCH3 is 2. The Morgan fingerprint density at radius 1 is 1.15 bits per heavy atom. The van der Waals surface area contributed by atoms with Gasteiger partial charge in [-0.3, -0.25) is 0 Å². The first kappa shape index (κ1) is 19.2. The summed E-state index contributed by atoms with van der Waals surface area (Å²) in [7, 11) is 2.98. The predicted molar refractivity (Wildman–Crippen MR) is 101 cm³/mol. The number of ether oxygens (including phenoxy) is 3. The van der Waals surface area contributed by atoms with Gasteiger partial charge in [-0.05, 0) is 52.3 Å². The third-order valence-corrected chi connectivity index (χ3v) is 4.61. The first-order valence-electron chi connectivity index (χ1n) is 7.69. The van der Waals surface area contributed by atoms with Crippen LogP contribution in [0.1, 0.15) is 16.2 Å². The van der Waals surface area contributed by atoms with Crippen molar-refractivity contribution in [3.63, 3.8) is 0 Å². The minimum absolute atomic E-state index is 0.167. The van der Waals surface area contributed by atoms with Crippen LogP contribution in [0, 0.1) is 0 Å². The molecule has 0 aliphatic heterocycles. The number of carbonyl (C=O) groups excluding carboxylic acids is 1. The fourth-order valence-electron chi connectivity index (χ4n) is 2.23. The molecule has 27 heavy (non-hydrogen) atoms. The molecule has 3 aromatic rings. The average Bonchev–Trinajstić information content (AvgIpc) is 3.16. The lowest BCUT2D eigenvalue weighted by Gasteiger charge is -2.10. The van der Waals surface area contributed by atoms with Crippen molar-refractivity contribution in [2.75, 3.05) is 14.2 Å². The maximum atomic E-state index is 12.3. The SMILES string of the molecule is COc1cc(C(=O)OCc2nc(-c3ccc(Cl)cc3)no2)cc(OC)c1Br. The van der Waals surface area contributed by atoms with Crippen molar-refractivity contribution < 1.29 is 23.5 Å². The molecular formula is C18H14BrClN2O5. The van der Waals surface area contributed by atoms with Gasteiger partial charge in [0.15, 0.2) is 6.61 Å². The van der Waals surface area contributed by atoms with Crippen molar-refractivity contribution in [2.24, 2.45) is 0 Å². The quantitative estimate of drug-likeness (QED) is 0.507. The van der Waals surface area contributed by atoms with Gasteiger partial charge < -0.3 is 18.7 Å². The highest BCUT2D eigenvalue weighted by Gasteiger charge is 2.17. The van der Waals surface area contributed by atoms with Gasteiger partial charge in [0, 0.05) is 10.6 Å². The second-order valence-electron chi connectivity index (χ2n) is 5.29.